The number of fused-ring (bicyclic) bond motifs is 1. The fraction of sp³-hybridized carbons (Fsp3) is 0.333. The molecule has 0 saturated carbocycles. The predicted octanol–water partition coefficient (Wildman–Crippen LogP) is 5.86. The standard InChI is InChI=1S/C24H26ClN3O2/c1-3-5-6-14-28-23(17-8-7-9-19(15-17)30-4-2)20-21(26-27-22(20)24(28)29)16-10-12-18(25)13-11-16/h7-13,15,23H,3-6,14H2,1-2H3,(H,26,27). The molecule has 1 aliphatic heterocycles. The van der Waals surface area contributed by atoms with Crippen LogP contribution in [0, 0.1) is 0 Å². The number of unbranched alkanes of at least 4 members (excludes halogenated alkanes) is 2. The maximum atomic E-state index is 13.3. The molecule has 0 bridgehead atoms. The normalized spacial score (nSPS) is 15.5. The van der Waals surface area contributed by atoms with E-state index in [9.17, 15) is 4.79 Å². The third kappa shape index (κ3) is 3.82. The minimum absolute atomic E-state index is 0.000583. The molecule has 2 heterocycles. The van der Waals surface area contributed by atoms with Crippen molar-refractivity contribution >= 4 is 17.5 Å². The zero-order valence-electron chi connectivity index (χ0n) is 17.3. The van der Waals surface area contributed by atoms with Crippen LogP contribution in [-0.4, -0.2) is 34.2 Å². The highest BCUT2D eigenvalue weighted by Gasteiger charge is 2.41. The lowest BCUT2D eigenvalue weighted by atomic mass is 9.96. The van der Waals surface area contributed by atoms with E-state index in [1.807, 2.05) is 54.3 Å². The number of ether oxygens (including phenoxy) is 1. The van der Waals surface area contributed by atoms with Crippen molar-refractivity contribution in [2.24, 2.45) is 0 Å². The number of carbonyl (C=O) groups excluding carboxylic acids is 1. The van der Waals surface area contributed by atoms with Crippen molar-refractivity contribution in [3.8, 4) is 17.0 Å². The summed E-state index contributed by atoms with van der Waals surface area (Å²) < 4.78 is 5.72. The Morgan fingerprint density at radius 2 is 1.93 bits per heavy atom. The summed E-state index contributed by atoms with van der Waals surface area (Å²) in [4.78, 5) is 15.2. The first-order valence-electron chi connectivity index (χ1n) is 10.5. The van der Waals surface area contributed by atoms with Gasteiger partial charge < -0.3 is 9.64 Å². The summed E-state index contributed by atoms with van der Waals surface area (Å²) >= 11 is 6.07. The number of H-pyrrole nitrogens is 1. The summed E-state index contributed by atoms with van der Waals surface area (Å²) in [6.07, 6.45) is 3.17. The molecule has 0 radical (unpaired) electrons. The Hall–Kier alpha value is -2.79. The van der Waals surface area contributed by atoms with Gasteiger partial charge in [-0.2, -0.15) is 5.10 Å². The van der Waals surface area contributed by atoms with Gasteiger partial charge in [0.15, 0.2) is 0 Å². The SMILES string of the molecule is CCCCCN1C(=O)c2[nH]nc(-c3ccc(Cl)cc3)c2C1c1cccc(OCC)c1. The summed E-state index contributed by atoms with van der Waals surface area (Å²) in [5.41, 5.74) is 4.25. The number of aromatic nitrogens is 2. The van der Waals surface area contributed by atoms with Crippen LogP contribution in [0.25, 0.3) is 11.3 Å². The van der Waals surface area contributed by atoms with Crippen LogP contribution < -0.4 is 4.74 Å². The number of amides is 1. The van der Waals surface area contributed by atoms with Crippen LogP contribution in [-0.2, 0) is 0 Å². The lowest BCUT2D eigenvalue weighted by Gasteiger charge is -2.26. The minimum atomic E-state index is -0.200. The molecule has 1 aromatic heterocycles. The van der Waals surface area contributed by atoms with Gasteiger partial charge in [-0.25, -0.2) is 0 Å². The molecule has 3 aromatic rings. The van der Waals surface area contributed by atoms with Crippen LogP contribution in [0.15, 0.2) is 48.5 Å². The Bertz CT molecular complexity index is 1030. The zero-order chi connectivity index (χ0) is 21.1. The molecule has 1 unspecified atom stereocenters. The lowest BCUT2D eigenvalue weighted by Crippen LogP contribution is -2.30. The average Bonchev–Trinajstić information content (AvgIpc) is 3.29. The first kappa shape index (κ1) is 20.5. The van der Waals surface area contributed by atoms with Gasteiger partial charge in [0.1, 0.15) is 11.4 Å². The van der Waals surface area contributed by atoms with E-state index in [4.69, 9.17) is 16.3 Å². The molecule has 4 rings (SSSR count). The van der Waals surface area contributed by atoms with E-state index in [1.54, 1.807) is 0 Å². The van der Waals surface area contributed by atoms with Gasteiger partial charge in [0.25, 0.3) is 5.91 Å². The van der Waals surface area contributed by atoms with Crippen molar-refractivity contribution in [2.75, 3.05) is 13.2 Å². The molecule has 30 heavy (non-hydrogen) atoms. The van der Waals surface area contributed by atoms with E-state index >= 15 is 0 Å². The number of hydrogen-bond acceptors (Lipinski definition) is 3. The van der Waals surface area contributed by atoms with Gasteiger partial charge in [0.2, 0.25) is 0 Å². The Balaban J connectivity index is 1.80. The third-order valence-corrected chi connectivity index (χ3v) is 5.72. The Morgan fingerprint density at radius 1 is 1.13 bits per heavy atom. The van der Waals surface area contributed by atoms with Gasteiger partial charge >= 0.3 is 0 Å². The first-order chi connectivity index (χ1) is 14.6. The minimum Gasteiger partial charge on any atom is -0.494 e. The number of halogens is 1. The van der Waals surface area contributed by atoms with E-state index in [0.29, 0.717) is 23.9 Å². The molecule has 1 atom stereocenters. The average molecular weight is 424 g/mol. The van der Waals surface area contributed by atoms with Gasteiger partial charge in [-0.05, 0) is 43.2 Å². The van der Waals surface area contributed by atoms with E-state index in [0.717, 1.165) is 47.4 Å². The second-order valence-electron chi connectivity index (χ2n) is 7.48. The molecule has 1 aliphatic rings. The van der Waals surface area contributed by atoms with E-state index in [2.05, 4.69) is 23.2 Å². The van der Waals surface area contributed by atoms with Crippen molar-refractivity contribution in [3.05, 3.63) is 70.4 Å². The van der Waals surface area contributed by atoms with Crippen molar-refractivity contribution in [1.82, 2.24) is 15.1 Å². The Kier molecular flexibility index (Phi) is 6.09. The molecule has 2 aromatic carbocycles. The molecular formula is C24H26ClN3O2. The number of aromatic amines is 1. The maximum absolute atomic E-state index is 13.3. The van der Waals surface area contributed by atoms with Gasteiger partial charge in [-0.3, -0.25) is 9.89 Å². The molecule has 0 spiro atoms. The number of nitrogens with one attached hydrogen (secondary N) is 1. The highest BCUT2D eigenvalue weighted by Crippen LogP contribution is 2.43. The topological polar surface area (TPSA) is 58.2 Å². The second kappa shape index (κ2) is 8.92. The number of rotatable bonds is 8. The Labute approximate surface area is 182 Å². The molecular weight excluding hydrogens is 398 g/mol. The lowest BCUT2D eigenvalue weighted by molar-refractivity contribution is 0.0740. The summed E-state index contributed by atoms with van der Waals surface area (Å²) in [7, 11) is 0. The van der Waals surface area contributed by atoms with E-state index in [1.165, 1.54) is 0 Å². The van der Waals surface area contributed by atoms with Gasteiger partial charge in [0.05, 0.1) is 18.3 Å². The maximum Gasteiger partial charge on any atom is 0.273 e. The van der Waals surface area contributed by atoms with Crippen molar-refractivity contribution < 1.29 is 9.53 Å². The van der Waals surface area contributed by atoms with Crippen molar-refractivity contribution in [3.63, 3.8) is 0 Å². The zero-order valence-corrected chi connectivity index (χ0v) is 18.1. The van der Waals surface area contributed by atoms with Crippen LogP contribution in [0.1, 0.15) is 60.8 Å². The molecule has 1 amide bonds. The van der Waals surface area contributed by atoms with Gasteiger partial charge in [-0.15, -0.1) is 0 Å². The summed E-state index contributed by atoms with van der Waals surface area (Å²) in [6.45, 7) is 5.44. The molecule has 6 heteroatoms. The monoisotopic (exact) mass is 423 g/mol. The number of benzene rings is 2. The van der Waals surface area contributed by atoms with Crippen LogP contribution >= 0.6 is 11.6 Å². The van der Waals surface area contributed by atoms with Crippen LogP contribution in [0.3, 0.4) is 0 Å². The van der Waals surface area contributed by atoms with Crippen LogP contribution in [0.5, 0.6) is 5.75 Å². The summed E-state index contributed by atoms with van der Waals surface area (Å²) in [6, 6.07) is 15.4. The quantitative estimate of drug-likeness (QED) is 0.461. The molecule has 0 saturated heterocycles. The molecule has 1 N–H and O–H groups in total. The fourth-order valence-electron chi connectivity index (χ4n) is 4.07. The third-order valence-electron chi connectivity index (χ3n) is 5.47. The summed E-state index contributed by atoms with van der Waals surface area (Å²) in [5.74, 6) is 0.807. The van der Waals surface area contributed by atoms with Crippen molar-refractivity contribution in [2.45, 2.75) is 39.2 Å². The highest BCUT2D eigenvalue weighted by molar-refractivity contribution is 6.30. The highest BCUT2D eigenvalue weighted by atomic mass is 35.5. The number of hydrogen-bond donors (Lipinski definition) is 1. The van der Waals surface area contributed by atoms with Crippen LogP contribution in [0.2, 0.25) is 5.02 Å². The smallest absolute Gasteiger partial charge is 0.273 e. The van der Waals surface area contributed by atoms with E-state index < -0.39 is 0 Å². The van der Waals surface area contributed by atoms with Crippen molar-refractivity contribution in [1.29, 1.82) is 0 Å². The molecule has 5 nitrogen and oxygen atoms in total. The Morgan fingerprint density at radius 3 is 2.67 bits per heavy atom. The number of carbonyl (C=O) groups is 1. The molecule has 0 aliphatic carbocycles. The van der Waals surface area contributed by atoms with Gasteiger partial charge in [0, 0.05) is 22.7 Å². The summed E-state index contributed by atoms with van der Waals surface area (Å²) in [5, 5.41) is 8.18. The number of nitrogens with zero attached hydrogens (tertiary/aromatic N) is 2. The predicted molar refractivity (Wildman–Crippen MR) is 119 cm³/mol. The van der Waals surface area contributed by atoms with Gasteiger partial charge in [-0.1, -0.05) is 55.6 Å². The molecule has 0 fully saturated rings. The van der Waals surface area contributed by atoms with Crippen LogP contribution in [0.4, 0.5) is 0 Å². The fourth-order valence-corrected chi connectivity index (χ4v) is 4.20. The van der Waals surface area contributed by atoms with E-state index in [-0.39, 0.29) is 11.9 Å². The first-order valence-corrected chi connectivity index (χ1v) is 10.9. The largest absolute Gasteiger partial charge is 0.494 e. The second-order valence-corrected chi connectivity index (χ2v) is 7.92. The molecule has 156 valence electrons.